The van der Waals surface area contributed by atoms with Crippen molar-refractivity contribution in [3.05, 3.63) is 17.5 Å². The van der Waals surface area contributed by atoms with Crippen molar-refractivity contribution in [2.45, 2.75) is 13.3 Å². The summed E-state index contributed by atoms with van der Waals surface area (Å²) in [5.74, 6) is -1.00. The normalized spacial score (nSPS) is 10.0. The topological polar surface area (TPSA) is 55.1 Å². The Morgan fingerprint density at radius 3 is 2.82 bits per heavy atom. The van der Waals surface area contributed by atoms with E-state index in [1.165, 1.54) is 9.77 Å². The van der Waals surface area contributed by atoms with Gasteiger partial charge in [-0.25, -0.2) is 8.50 Å². The van der Waals surface area contributed by atoms with Gasteiger partial charge in [-0.1, -0.05) is 6.92 Å². The molecule has 0 saturated carbocycles. The van der Waals surface area contributed by atoms with E-state index in [1.54, 1.807) is 0 Å². The molecular formula is C6H7BrN2O2. The monoisotopic (exact) mass is 218 g/mol. The van der Waals surface area contributed by atoms with Crippen LogP contribution in [0.1, 0.15) is 23.1 Å². The number of hydrogen-bond donors (Lipinski definition) is 1. The first kappa shape index (κ1) is 8.26. The first-order chi connectivity index (χ1) is 5.15. The molecule has 0 atom stereocenters. The van der Waals surface area contributed by atoms with E-state index in [4.69, 9.17) is 5.11 Å². The summed E-state index contributed by atoms with van der Waals surface area (Å²) in [7, 11) is 0. The fraction of sp³-hybridized carbons (Fsp3) is 0.333. The highest BCUT2D eigenvalue weighted by molar-refractivity contribution is 9.08. The Morgan fingerprint density at radius 2 is 2.55 bits per heavy atom. The number of aromatic carboxylic acids is 1. The molecule has 0 saturated heterocycles. The molecule has 60 valence electrons. The summed E-state index contributed by atoms with van der Waals surface area (Å²) in [6.45, 7) is 1.93. The lowest BCUT2D eigenvalue weighted by molar-refractivity contribution is 0.0690. The fourth-order valence-corrected chi connectivity index (χ4v) is 1.26. The lowest BCUT2D eigenvalue weighted by atomic mass is 10.3. The highest BCUT2D eigenvalue weighted by Crippen LogP contribution is 2.07. The Kier molecular flexibility index (Phi) is 2.28. The molecule has 11 heavy (non-hydrogen) atoms. The van der Waals surface area contributed by atoms with Gasteiger partial charge in [0.25, 0.3) is 0 Å². The number of carboxylic acid groups (broad SMARTS) is 1. The minimum Gasteiger partial charge on any atom is -0.476 e. The summed E-state index contributed by atoms with van der Waals surface area (Å²) in [5, 5.41) is 12.2. The number of rotatable bonds is 2. The number of aryl methyl sites for hydroxylation is 1. The van der Waals surface area contributed by atoms with Crippen LogP contribution < -0.4 is 0 Å². The van der Waals surface area contributed by atoms with Crippen LogP contribution in [-0.2, 0) is 6.42 Å². The summed E-state index contributed by atoms with van der Waals surface area (Å²) in [4.78, 5) is 10.4. The zero-order chi connectivity index (χ0) is 8.43. The largest absolute Gasteiger partial charge is 0.476 e. The third-order valence-corrected chi connectivity index (χ3v) is 1.93. The molecule has 1 N–H and O–H groups in total. The summed E-state index contributed by atoms with van der Waals surface area (Å²) in [6.07, 6.45) is 0.755. The van der Waals surface area contributed by atoms with Crippen LogP contribution in [0.15, 0.2) is 6.07 Å². The predicted molar refractivity (Wildman–Crippen MR) is 42.9 cm³/mol. The first-order valence-electron chi connectivity index (χ1n) is 3.13. The van der Waals surface area contributed by atoms with E-state index in [0.29, 0.717) is 0 Å². The number of carbonyl (C=O) groups is 1. The van der Waals surface area contributed by atoms with Crippen LogP contribution in [0.4, 0.5) is 0 Å². The maximum Gasteiger partial charge on any atom is 0.356 e. The average Bonchev–Trinajstić information content (AvgIpc) is 2.31. The van der Waals surface area contributed by atoms with Gasteiger partial charge < -0.3 is 5.11 Å². The lowest BCUT2D eigenvalue weighted by Gasteiger charge is -1.89. The second-order valence-electron chi connectivity index (χ2n) is 2.04. The van der Waals surface area contributed by atoms with E-state index in [2.05, 4.69) is 21.2 Å². The Hall–Kier alpha value is -0.840. The smallest absolute Gasteiger partial charge is 0.356 e. The molecular weight excluding hydrogens is 212 g/mol. The highest BCUT2D eigenvalue weighted by Gasteiger charge is 2.09. The molecule has 0 aliphatic carbocycles. The molecule has 5 heteroatoms. The summed E-state index contributed by atoms with van der Waals surface area (Å²) < 4.78 is 1.40. The number of aromatic nitrogens is 2. The van der Waals surface area contributed by atoms with Crippen molar-refractivity contribution in [1.29, 1.82) is 0 Å². The minimum absolute atomic E-state index is 0.0683. The molecule has 0 radical (unpaired) electrons. The maximum absolute atomic E-state index is 10.4. The van der Waals surface area contributed by atoms with E-state index in [-0.39, 0.29) is 5.69 Å². The van der Waals surface area contributed by atoms with Gasteiger partial charge in [0.15, 0.2) is 5.69 Å². The molecule has 1 aromatic rings. The zero-order valence-corrected chi connectivity index (χ0v) is 7.50. The van der Waals surface area contributed by atoms with Crippen LogP contribution in [-0.4, -0.2) is 19.9 Å². The quantitative estimate of drug-likeness (QED) is 0.815. The van der Waals surface area contributed by atoms with Crippen molar-refractivity contribution in [1.82, 2.24) is 8.81 Å². The van der Waals surface area contributed by atoms with Crippen molar-refractivity contribution in [3.8, 4) is 0 Å². The van der Waals surface area contributed by atoms with Gasteiger partial charge in [-0.3, -0.25) is 0 Å². The molecule has 0 amide bonds. The summed E-state index contributed by atoms with van der Waals surface area (Å²) in [5.41, 5.74) is 0.918. The average molecular weight is 219 g/mol. The van der Waals surface area contributed by atoms with E-state index < -0.39 is 5.97 Å². The third-order valence-electron chi connectivity index (χ3n) is 1.32. The van der Waals surface area contributed by atoms with Gasteiger partial charge in [-0.05, 0) is 12.5 Å². The van der Waals surface area contributed by atoms with E-state index in [0.717, 1.165) is 12.1 Å². The molecule has 0 bridgehead atoms. The number of nitrogens with zero attached hydrogens (tertiary/aromatic N) is 2. The van der Waals surface area contributed by atoms with Crippen molar-refractivity contribution in [2.75, 3.05) is 0 Å². The van der Waals surface area contributed by atoms with E-state index >= 15 is 0 Å². The van der Waals surface area contributed by atoms with Gasteiger partial charge in [-0.15, -0.1) is 0 Å². The van der Waals surface area contributed by atoms with Crippen molar-refractivity contribution in [2.24, 2.45) is 0 Å². The molecule has 0 unspecified atom stereocenters. The van der Waals surface area contributed by atoms with Crippen LogP contribution in [0, 0.1) is 0 Å². The summed E-state index contributed by atoms with van der Waals surface area (Å²) in [6, 6.07) is 1.54. The second-order valence-corrected chi connectivity index (χ2v) is 2.71. The molecule has 0 fully saturated rings. The van der Waals surface area contributed by atoms with Crippen LogP contribution >= 0.6 is 16.1 Å². The van der Waals surface area contributed by atoms with Gasteiger partial charge in [-0.2, -0.15) is 5.10 Å². The van der Waals surface area contributed by atoms with E-state index in [1.807, 2.05) is 6.92 Å². The third kappa shape index (κ3) is 1.59. The highest BCUT2D eigenvalue weighted by atomic mass is 79.9. The van der Waals surface area contributed by atoms with Gasteiger partial charge in [0.05, 0.1) is 21.8 Å². The van der Waals surface area contributed by atoms with Gasteiger partial charge in [0.2, 0.25) is 0 Å². The molecule has 4 nitrogen and oxygen atoms in total. The SMILES string of the molecule is CCc1cc(C(=O)O)nn1Br. The Bertz CT molecular complexity index is 282. The molecule has 0 aliphatic rings. The van der Waals surface area contributed by atoms with Crippen LogP contribution in [0.2, 0.25) is 0 Å². The Morgan fingerprint density at radius 1 is 1.91 bits per heavy atom. The zero-order valence-electron chi connectivity index (χ0n) is 5.91. The molecule has 0 aromatic carbocycles. The molecule has 1 heterocycles. The number of hydrogen-bond acceptors (Lipinski definition) is 2. The van der Waals surface area contributed by atoms with Crippen LogP contribution in [0.25, 0.3) is 0 Å². The van der Waals surface area contributed by atoms with Gasteiger partial charge >= 0.3 is 5.97 Å². The summed E-state index contributed by atoms with van der Waals surface area (Å²) >= 11 is 3.09. The number of halogens is 1. The van der Waals surface area contributed by atoms with Crippen molar-refractivity contribution < 1.29 is 9.90 Å². The fourth-order valence-electron chi connectivity index (χ4n) is 0.736. The maximum atomic E-state index is 10.4. The van der Waals surface area contributed by atoms with E-state index in [9.17, 15) is 4.79 Å². The predicted octanol–water partition coefficient (Wildman–Crippen LogP) is 1.30. The molecule has 1 aromatic heterocycles. The van der Waals surface area contributed by atoms with Crippen LogP contribution in [0.3, 0.4) is 0 Å². The van der Waals surface area contributed by atoms with Crippen molar-refractivity contribution >= 4 is 22.1 Å². The molecule has 0 spiro atoms. The minimum atomic E-state index is -1.00. The molecule has 0 aliphatic heterocycles. The van der Waals surface area contributed by atoms with Crippen molar-refractivity contribution in [3.63, 3.8) is 0 Å². The molecule has 1 rings (SSSR count). The standard InChI is InChI=1S/C6H7BrN2O2/c1-2-4-3-5(6(10)11)8-9(4)7/h3H,2H2,1H3,(H,10,11). The second kappa shape index (κ2) is 3.04. The number of carboxylic acids is 1. The Labute approximate surface area is 72.2 Å². The van der Waals surface area contributed by atoms with Gasteiger partial charge in [0.1, 0.15) is 0 Å². The van der Waals surface area contributed by atoms with Crippen LogP contribution in [0.5, 0.6) is 0 Å². The lowest BCUT2D eigenvalue weighted by Crippen LogP contribution is -1.96. The van der Waals surface area contributed by atoms with Gasteiger partial charge in [0, 0.05) is 0 Å². The first-order valence-corrected chi connectivity index (χ1v) is 3.84. The Balaban J connectivity index is 3.05.